The van der Waals surface area contributed by atoms with E-state index in [1.165, 1.54) is 0 Å². The number of halogens is 1. The van der Waals surface area contributed by atoms with E-state index >= 15 is 0 Å². The van der Waals surface area contributed by atoms with Gasteiger partial charge in [-0.15, -0.1) is 11.6 Å². The fourth-order valence-corrected chi connectivity index (χ4v) is 1.47. The van der Waals surface area contributed by atoms with Crippen LogP contribution in [0.15, 0.2) is 12.1 Å². The molecule has 1 aromatic rings. The van der Waals surface area contributed by atoms with E-state index < -0.39 is 27.8 Å². The first-order chi connectivity index (χ1) is 8.06. The van der Waals surface area contributed by atoms with Crippen LogP contribution in [-0.2, 0) is 0 Å². The first kappa shape index (κ1) is 12.8. The minimum atomic E-state index is -0.794. The molecule has 0 aliphatic carbocycles. The number of nitrogens with zero attached hydrogens (tertiary/aromatic N) is 2. The van der Waals surface area contributed by atoms with Crippen LogP contribution >= 0.6 is 11.6 Å². The minimum Gasteiger partial charge on any atom is -0.298 e. The first-order valence-electron chi connectivity index (χ1n) is 4.32. The molecular formula is C10H5ClN2O4. The largest absolute Gasteiger partial charge is 0.298 e. The average molecular weight is 253 g/mol. The molecule has 0 amide bonds. The molecule has 0 radical (unpaired) electrons. The number of carbonyl (C=O) groups is 2. The molecule has 0 fully saturated rings. The van der Waals surface area contributed by atoms with E-state index in [0.717, 1.165) is 12.1 Å². The minimum absolute atomic E-state index is 0.0854. The number of nitro groups is 1. The van der Waals surface area contributed by atoms with Crippen LogP contribution in [0.2, 0.25) is 0 Å². The van der Waals surface area contributed by atoms with E-state index in [1.54, 1.807) is 6.07 Å². The van der Waals surface area contributed by atoms with E-state index in [4.69, 9.17) is 16.9 Å². The molecule has 0 saturated heterocycles. The highest BCUT2D eigenvalue weighted by Gasteiger charge is 2.24. The van der Waals surface area contributed by atoms with Crippen LogP contribution in [0.1, 0.15) is 26.3 Å². The molecule has 1 aromatic carbocycles. The zero-order chi connectivity index (χ0) is 13.0. The summed E-state index contributed by atoms with van der Waals surface area (Å²) in [5.74, 6) is -1.16. The highest BCUT2D eigenvalue weighted by atomic mass is 35.5. The summed E-state index contributed by atoms with van der Waals surface area (Å²) in [6, 6.07) is 3.68. The van der Waals surface area contributed by atoms with Crippen molar-refractivity contribution in [3.05, 3.63) is 38.9 Å². The first-order valence-corrected chi connectivity index (χ1v) is 4.86. The summed E-state index contributed by atoms with van der Waals surface area (Å²) in [6.07, 6.45) is 0.352. The van der Waals surface area contributed by atoms with Gasteiger partial charge in [-0.25, -0.2) is 0 Å². The molecule has 0 aromatic heterocycles. The Labute approximate surface area is 101 Å². The molecule has 0 aliphatic heterocycles. The number of hydrogen-bond acceptors (Lipinski definition) is 5. The number of hydrogen-bond donors (Lipinski definition) is 0. The third-order valence-corrected chi connectivity index (χ3v) is 2.29. The smallest absolute Gasteiger partial charge is 0.287 e. The molecule has 17 heavy (non-hydrogen) atoms. The Hall–Kier alpha value is -2.26. The highest BCUT2D eigenvalue weighted by molar-refractivity contribution is 6.31. The van der Waals surface area contributed by atoms with Gasteiger partial charge in [-0.1, -0.05) is 0 Å². The predicted octanol–water partition coefficient (Wildman–Crippen LogP) is 1.70. The average Bonchev–Trinajstić information content (AvgIpc) is 2.35. The number of nitriles is 1. The lowest BCUT2D eigenvalue weighted by atomic mass is 9.97. The normalized spacial score (nSPS) is 9.41. The maximum Gasteiger partial charge on any atom is 0.287 e. The van der Waals surface area contributed by atoms with Crippen LogP contribution in [0.5, 0.6) is 0 Å². The summed E-state index contributed by atoms with van der Waals surface area (Å²) in [6.45, 7) is 0. The van der Waals surface area contributed by atoms with Gasteiger partial charge in [-0.2, -0.15) is 5.26 Å². The second-order valence-corrected chi connectivity index (χ2v) is 3.23. The van der Waals surface area contributed by atoms with Crippen LogP contribution in [0.25, 0.3) is 0 Å². The summed E-state index contributed by atoms with van der Waals surface area (Å²) in [5.41, 5.74) is -1.35. The number of carbonyl (C=O) groups excluding carboxylic acids is 2. The number of benzene rings is 1. The van der Waals surface area contributed by atoms with Crippen LogP contribution in [0, 0.1) is 21.4 Å². The van der Waals surface area contributed by atoms with E-state index in [-0.39, 0.29) is 11.1 Å². The molecule has 6 nitrogen and oxygen atoms in total. The summed E-state index contributed by atoms with van der Waals surface area (Å²) < 4.78 is 0. The fourth-order valence-electron chi connectivity index (χ4n) is 1.34. The van der Waals surface area contributed by atoms with E-state index in [9.17, 15) is 19.7 Å². The van der Waals surface area contributed by atoms with Crippen LogP contribution < -0.4 is 0 Å². The van der Waals surface area contributed by atoms with Crippen molar-refractivity contribution in [3.63, 3.8) is 0 Å². The van der Waals surface area contributed by atoms with Gasteiger partial charge in [0.15, 0.2) is 12.1 Å². The topological polar surface area (TPSA) is 101 Å². The van der Waals surface area contributed by atoms with Gasteiger partial charge >= 0.3 is 0 Å². The molecule has 0 spiro atoms. The monoisotopic (exact) mass is 252 g/mol. The van der Waals surface area contributed by atoms with Crippen molar-refractivity contribution in [2.24, 2.45) is 0 Å². The molecule has 0 unspecified atom stereocenters. The second-order valence-electron chi connectivity index (χ2n) is 2.97. The molecular weight excluding hydrogens is 248 g/mol. The molecule has 86 valence electrons. The number of Topliss-reactive ketones (excluding diaryl/α,β-unsaturated/α-hetero) is 1. The Morgan fingerprint density at radius 1 is 1.59 bits per heavy atom. The van der Waals surface area contributed by atoms with Crippen LogP contribution in [-0.4, -0.2) is 22.9 Å². The summed E-state index contributed by atoms with van der Waals surface area (Å²) in [5, 5.41) is 19.5. The van der Waals surface area contributed by atoms with Crippen LogP contribution in [0.4, 0.5) is 5.69 Å². The van der Waals surface area contributed by atoms with Crippen molar-refractivity contribution in [1.82, 2.24) is 0 Å². The predicted molar refractivity (Wildman–Crippen MR) is 58.2 cm³/mol. The van der Waals surface area contributed by atoms with Gasteiger partial charge in [-0.05, 0) is 6.07 Å². The number of ketones is 1. The molecule has 0 N–H and O–H groups in total. The standard InChI is InChI=1S/C10H5ClN2O4/c11-3-9(15)10-6(5-14)1-2-8(13(16)17)7(10)4-12/h1-2,5H,3H2. The van der Waals surface area contributed by atoms with Crippen molar-refractivity contribution in [1.29, 1.82) is 5.26 Å². The Balaban J connectivity index is 3.67. The molecule has 0 aliphatic rings. The Morgan fingerprint density at radius 3 is 2.65 bits per heavy atom. The highest BCUT2D eigenvalue weighted by Crippen LogP contribution is 2.24. The van der Waals surface area contributed by atoms with Gasteiger partial charge in [0, 0.05) is 11.6 Å². The zero-order valence-corrected chi connectivity index (χ0v) is 9.10. The van der Waals surface area contributed by atoms with Gasteiger partial charge in [-0.3, -0.25) is 19.7 Å². The molecule has 1 rings (SSSR count). The molecule has 0 atom stereocenters. The maximum atomic E-state index is 11.5. The molecule has 0 bridgehead atoms. The molecule has 0 saturated carbocycles. The van der Waals surface area contributed by atoms with Crippen molar-refractivity contribution in [2.45, 2.75) is 0 Å². The number of aldehydes is 1. The third kappa shape index (κ3) is 2.29. The zero-order valence-electron chi connectivity index (χ0n) is 8.34. The number of alkyl halides is 1. The quantitative estimate of drug-likeness (QED) is 0.267. The van der Waals surface area contributed by atoms with Gasteiger partial charge in [0.1, 0.15) is 11.6 Å². The number of nitro benzene ring substituents is 1. The van der Waals surface area contributed by atoms with Crippen molar-refractivity contribution >= 4 is 29.4 Å². The lowest BCUT2D eigenvalue weighted by Crippen LogP contribution is -2.09. The van der Waals surface area contributed by atoms with Gasteiger partial charge in [0.25, 0.3) is 5.69 Å². The molecule has 7 heteroatoms. The second kappa shape index (κ2) is 5.18. The maximum absolute atomic E-state index is 11.5. The Bertz CT molecular complexity index is 548. The van der Waals surface area contributed by atoms with E-state index in [1.807, 2.05) is 0 Å². The lowest BCUT2D eigenvalue weighted by molar-refractivity contribution is -0.385. The summed E-state index contributed by atoms with van der Waals surface area (Å²) >= 11 is 5.33. The fraction of sp³-hybridized carbons (Fsp3) is 0.100. The van der Waals surface area contributed by atoms with Gasteiger partial charge < -0.3 is 0 Å². The van der Waals surface area contributed by atoms with Crippen LogP contribution in [0.3, 0.4) is 0 Å². The number of rotatable bonds is 4. The van der Waals surface area contributed by atoms with E-state index in [2.05, 4.69) is 0 Å². The Kier molecular flexibility index (Phi) is 3.91. The third-order valence-electron chi connectivity index (χ3n) is 2.05. The SMILES string of the molecule is N#Cc1c([N+](=O)[O-])ccc(C=O)c1C(=O)CCl. The van der Waals surface area contributed by atoms with Gasteiger partial charge in [0.05, 0.1) is 16.4 Å². The summed E-state index contributed by atoms with van der Waals surface area (Å²) in [7, 11) is 0. The van der Waals surface area contributed by atoms with E-state index in [0.29, 0.717) is 6.29 Å². The Morgan fingerprint density at radius 2 is 2.24 bits per heavy atom. The van der Waals surface area contributed by atoms with Gasteiger partial charge in [0.2, 0.25) is 0 Å². The van der Waals surface area contributed by atoms with Crippen molar-refractivity contribution in [3.8, 4) is 6.07 Å². The van der Waals surface area contributed by atoms with Crippen molar-refractivity contribution in [2.75, 3.05) is 5.88 Å². The van der Waals surface area contributed by atoms with Crippen molar-refractivity contribution < 1.29 is 14.5 Å². The molecule has 0 heterocycles. The summed E-state index contributed by atoms with van der Waals surface area (Å²) in [4.78, 5) is 32.1. The lowest BCUT2D eigenvalue weighted by Gasteiger charge is -2.04.